The van der Waals surface area contributed by atoms with Crippen molar-refractivity contribution in [3.8, 4) is 0 Å². The molecule has 3 heterocycles. The number of aromatic nitrogens is 2. The van der Waals surface area contributed by atoms with Gasteiger partial charge in [-0.3, -0.25) is 9.69 Å². The van der Waals surface area contributed by atoms with Crippen molar-refractivity contribution < 1.29 is 27.6 Å². The molecule has 4 fully saturated rings. The average molecular weight is 537 g/mol. The lowest BCUT2D eigenvalue weighted by molar-refractivity contribution is -0.140. The summed E-state index contributed by atoms with van der Waals surface area (Å²) >= 11 is 0. The van der Waals surface area contributed by atoms with E-state index in [-0.39, 0.29) is 48.0 Å². The SMILES string of the molecule is CC(C)C1(c2noc(C3CCC(F)(F)CC3)n2)CCN(C(=O)[C@@H]2[C@H]3CC[C@H](C3)N2C(=O)OC(C)(C)C)CC1. The van der Waals surface area contributed by atoms with E-state index in [2.05, 4.69) is 19.0 Å². The second-order valence-corrected chi connectivity index (χ2v) is 13.3. The van der Waals surface area contributed by atoms with Crippen LogP contribution in [0.1, 0.15) is 110 Å². The molecule has 3 atom stereocenters. The molecule has 4 aliphatic rings. The van der Waals surface area contributed by atoms with Crippen LogP contribution in [0.3, 0.4) is 0 Å². The summed E-state index contributed by atoms with van der Waals surface area (Å²) in [6.45, 7) is 10.9. The fourth-order valence-electron chi connectivity index (χ4n) is 7.15. The first-order valence-corrected chi connectivity index (χ1v) is 14.3. The van der Waals surface area contributed by atoms with Crippen LogP contribution in [0, 0.1) is 11.8 Å². The number of alkyl halides is 2. The second-order valence-electron chi connectivity index (χ2n) is 13.3. The zero-order valence-electron chi connectivity index (χ0n) is 23.3. The minimum atomic E-state index is -2.60. The molecule has 2 bridgehead atoms. The van der Waals surface area contributed by atoms with Crippen molar-refractivity contribution in [2.45, 2.75) is 127 Å². The highest BCUT2D eigenvalue weighted by atomic mass is 19.3. The highest BCUT2D eigenvalue weighted by Crippen LogP contribution is 2.46. The molecular formula is C28H42F2N4O4. The monoisotopic (exact) mass is 536 g/mol. The van der Waals surface area contributed by atoms with Gasteiger partial charge in [-0.1, -0.05) is 19.0 Å². The first-order valence-electron chi connectivity index (χ1n) is 14.3. The highest BCUT2D eigenvalue weighted by Gasteiger charge is 2.54. The number of carbonyl (C=O) groups excluding carboxylic acids is 2. The summed E-state index contributed by atoms with van der Waals surface area (Å²) in [6.07, 6.45) is 4.13. The molecule has 2 aliphatic heterocycles. The van der Waals surface area contributed by atoms with Crippen LogP contribution in [0.25, 0.3) is 0 Å². The molecule has 1 aromatic heterocycles. The number of likely N-dealkylation sites (tertiary alicyclic amines) is 2. The zero-order chi connectivity index (χ0) is 27.5. The maximum atomic E-state index is 13.8. The van der Waals surface area contributed by atoms with Crippen molar-refractivity contribution in [3.05, 3.63) is 11.7 Å². The first-order chi connectivity index (χ1) is 17.8. The lowest BCUT2D eigenvalue weighted by Gasteiger charge is -2.44. The lowest BCUT2D eigenvalue weighted by Crippen LogP contribution is -2.57. The van der Waals surface area contributed by atoms with E-state index in [9.17, 15) is 18.4 Å². The molecule has 0 radical (unpaired) electrons. The van der Waals surface area contributed by atoms with Crippen LogP contribution in [-0.2, 0) is 14.9 Å². The maximum Gasteiger partial charge on any atom is 0.411 e. The Morgan fingerprint density at radius 1 is 1.05 bits per heavy atom. The van der Waals surface area contributed by atoms with Gasteiger partial charge in [-0.2, -0.15) is 4.98 Å². The summed E-state index contributed by atoms with van der Waals surface area (Å²) in [5, 5.41) is 4.35. The Bertz CT molecular complexity index is 1030. The van der Waals surface area contributed by atoms with Crippen LogP contribution in [0.5, 0.6) is 0 Å². The van der Waals surface area contributed by atoms with E-state index in [4.69, 9.17) is 14.2 Å². The molecule has 0 aromatic carbocycles. The normalized spacial score (nSPS) is 29.2. The van der Waals surface area contributed by atoms with Crippen molar-refractivity contribution in [2.75, 3.05) is 13.1 Å². The fourth-order valence-corrected chi connectivity index (χ4v) is 7.15. The molecule has 212 valence electrons. The standard InChI is InChI=1S/C28H42F2N4O4/c1-17(2)27(24-31-22(38-32-24)18-8-10-28(29,30)11-9-18)12-14-33(15-13-27)23(35)21-19-6-7-20(16-19)34(21)25(36)37-26(3,4)5/h17-21H,6-16H2,1-5H3/t19-,20+,21-/m0/s1. The molecule has 10 heteroatoms. The van der Waals surface area contributed by atoms with Crippen LogP contribution in [0.2, 0.25) is 0 Å². The number of fused-ring (bicyclic) bond motifs is 2. The summed E-state index contributed by atoms with van der Waals surface area (Å²) in [5.74, 6) is -1.24. The second kappa shape index (κ2) is 9.73. The quantitative estimate of drug-likeness (QED) is 0.493. The van der Waals surface area contributed by atoms with Gasteiger partial charge in [-0.25, -0.2) is 13.6 Å². The number of rotatable bonds is 4. The van der Waals surface area contributed by atoms with Crippen molar-refractivity contribution in [1.82, 2.24) is 19.9 Å². The topological polar surface area (TPSA) is 88.8 Å². The number of hydrogen-bond donors (Lipinski definition) is 0. The van der Waals surface area contributed by atoms with Gasteiger partial charge in [0.1, 0.15) is 11.6 Å². The van der Waals surface area contributed by atoms with Crippen LogP contribution in [0.4, 0.5) is 13.6 Å². The number of piperidine rings is 2. The van der Waals surface area contributed by atoms with Gasteiger partial charge in [0.05, 0.1) is 0 Å². The molecule has 38 heavy (non-hydrogen) atoms. The van der Waals surface area contributed by atoms with Crippen molar-refractivity contribution in [3.63, 3.8) is 0 Å². The summed E-state index contributed by atoms with van der Waals surface area (Å²) in [7, 11) is 0. The molecular weight excluding hydrogens is 494 g/mol. The van der Waals surface area contributed by atoms with Crippen molar-refractivity contribution in [1.29, 1.82) is 0 Å². The minimum Gasteiger partial charge on any atom is -0.444 e. The average Bonchev–Trinajstić information content (AvgIpc) is 3.59. The van der Waals surface area contributed by atoms with Crippen LogP contribution < -0.4 is 0 Å². The van der Waals surface area contributed by atoms with Gasteiger partial charge in [0, 0.05) is 43.3 Å². The Labute approximate surface area is 223 Å². The van der Waals surface area contributed by atoms with Gasteiger partial charge in [0.15, 0.2) is 5.82 Å². The fraction of sp³-hybridized carbons (Fsp3) is 0.857. The first kappa shape index (κ1) is 27.3. The van der Waals surface area contributed by atoms with E-state index in [1.54, 1.807) is 4.90 Å². The highest BCUT2D eigenvalue weighted by molar-refractivity contribution is 5.87. The smallest absolute Gasteiger partial charge is 0.411 e. The number of halogens is 2. The summed E-state index contributed by atoms with van der Waals surface area (Å²) < 4.78 is 38.6. The van der Waals surface area contributed by atoms with E-state index in [0.717, 1.165) is 19.3 Å². The van der Waals surface area contributed by atoms with Crippen molar-refractivity contribution in [2.24, 2.45) is 11.8 Å². The summed E-state index contributed by atoms with van der Waals surface area (Å²) in [5.41, 5.74) is -0.965. The van der Waals surface area contributed by atoms with Gasteiger partial charge >= 0.3 is 6.09 Å². The Morgan fingerprint density at radius 3 is 2.32 bits per heavy atom. The van der Waals surface area contributed by atoms with Crippen LogP contribution >= 0.6 is 0 Å². The van der Waals surface area contributed by atoms with E-state index < -0.39 is 23.7 Å². The van der Waals surface area contributed by atoms with E-state index in [0.29, 0.717) is 50.5 Å². The predicted molar refractivity (Wildman–Crippen MR) is 136 cm³/mol. The molecule has 5 rings (SSSR count). The van der Waals surface area contributed by atoms with E-state index in [1.165, 1.54) is 0 Å². The maximum absolute atomic E-state index is 13.8. The third kappa shape index (κ3) is 5.04. The zero-order valence-corrected chi connectivity index (χ0v) is 23.3. The molecule has 2 saturated carbocycles. The Kier molecular flexibility index (Phi) is 7.00. The van der Waals surface area contributed by atoms with Gasteiger partial charge in [0.2, 0.25) is 17.7 Å². The summed E-state index contributed by atoms with van der Waals surface area (Å²) in [4.78, 5) is 35.2. The molecule has 2 amide bonds. The molecule has 0 spiro atoms. The summed E-state index contributed by atoms with van der Waals surface area (Å²) in [6, 6.07) is -0.391. The Morgan fingerprint density at radius 2 is 1.71 bits per heavy atom. The predicted octanol–water partition coefficient (Wildman–Crippen LogP) is 5.67. The third-order valence-electron chi connectivity index (χ3n) is 9.47. The molecule has 0 N–H and O–H groups in total. The third-order valence-corrected chi connectivity index (χ3v) is 9.47. The Hall–Kier alpha value is -2.26. The van der Waals surface area contributed by atoms with E-state index in [1.807, 2.05) is 25.7 Å². The molecule has 1 aromatic rings. The van der Waals surface area contributed by atoms with Gasteiger partial charge in [-0.15, -0.1) is 0 Å². The van der Waals surface area contributed by atoms with Gasteiger partial charge in [-0.05, 0) is 77.6 Å². The minimum absolute atomic E-state index is 0.0114. The Balaban J connectivity index is 1.28. The molecule has 2 saturated heterocycles. The van der Waals surface area contributed by atoms with Crippen LogP contribution in [-0.4, -0.2) is 68.6 Å². The lowest BCUT2D eigenvalue weighted by atomic mass is 9.69. The number of carbonyl (C=O) groups is 2. The van der Waals surface area contributed by atoms with Crippen molar-refractivity contribution >= 4 is 12.0 Å². The molecule has 0 unspecified atom stereocenters. The largest absolute Gasteiger partial charge is 0.444 e. The van der Waals surface area contributed by atoms with Crippen LogP contribution in [0.15, 0.2) is 4.52 Å². The number of amides is 2. The molecule has 8 nitrogen and oxygen atoms in total. The van der Waals surface area contributed by atoms with Gasteiger partial charge in [0.25, 0.3) is 0 Å². The van der Waals surface area contributed by atoms with E-state index >= 15 is 0 Å². The molecule has 2 aliphatic carbocycles. The van der Waals surface area contributed by atoms with Gasteiger partial charge < -0.3 is 14.2 Å². The number of hydrogen-bond acceptors (Lipinski definition) is 6. The number of nitrogens with zero attached hydrogens (tertiary/aromatic N) is 4. The number of ether oxygens (including phenoxy) is 1.